The third kappa shape index (κ3) is 3.36. The van der Waals surface area contributed by atoms with Crippen molar-refractivity contribution in [1.82, 2.24) is 0 Å². The van der Waals surface area contributed by atoms with E-state index in [0.29, 0.717) is 11.3 Å². The second-order valence-electron chi connectivity index (χ2n) is 2.93. The number of benzene rings is 1. The van der Waals surface area contributed by atoms with Crippen molar-refractivity contribution in [3.63, 3.8) is 0 Å². The highest BCUT2D eigenvalue weighted by Crippen LogP contribution is 2.15. The topological polar surface area (TPSA) is 69.4 Å². The van der Waals surface area contributed by atoms with E-state index in [-0.39, 0.29) is 10.6 Å². The molecule has 0 saturated carbocycles. The summed E-state index contributed by atoms with van der Waals surface area (Å²) in [5.74, 6) is 0.293. The number of carbonyl (C=O) groups excluding carboxylic acids is 2. The summed E-state index contributed by atoms with van der Waals surface area (Å²) < 4.78 is 4.63. The fraction of sp³-hybridized carbons (Fsp3) is 0.200. The van der Waals surface area contributed by atoms with E-state index in [4.69, 9.17) is 5.73 Å². The first-order chi connectivity index (χ1) is 7.00. The van der Waals surface area contributed by atoms with Crippen molar-refractivity contribution < 1.29 is 14.3 Å². The number of primary amides is 1. The van der Waals surface area contributed by atoms with E-state index >= 15 is 0 Å². The molecule has 0 fully saturated rings. The molecule has 0 aliphatic rings. The van der Waals surface area contributed by atoms with Crippen LogP contribution in [0.1, 0.15) is 17.3 Å². The lowest BCUT2D eigenvalue weighted by Crippen LogP contribution is -2.16. The van der Waals surface area contributed by atoms with Gasteiger partial charge in [0.2, 0.25) is 0 Å². The van der Waals surface area contributed by atoms with Gasteiger partial charge in [-0.2, -0.15) is 0 Å². The molecule has 1 aromatic rings. The Morgan fingerprint density at radius 3 is 2.27 bits per heavy atom. The van der Waals surface area contributed by atoms with Gasteiger partial charge in [-0.25, -0.2) is 4.79 Å². The number of alkyl halides is 1. The molecular formula is C10H10BrNO3. The molecule has 1 rings (SSSR count). The van der Waals surface area contributed by atoms with Crippen LogP contribution in [0.2, 0.25) is 0 Å². The summed E-state index contributed by atoms with van der Waals surface area (Å²) in [6.45, 7) is 1.75. The Labute approximate surface area is 95.5 Å². The zero-order valence-corrected chi connectivity index (χ0v) is 9.65. The Balaban J connectivity index is 2.81. The number of Topliss-reactive ketones (excluding diaryl/α,β-unsaturated/α-hetero) is 1. The predicted molar refractivity (Wildman–Crippen MR) is 59.4 cm³/mol. The Bertz CT molecular complexity index is 373. The second kappa shape index (κ2) is 4.93. The fourth-order valence-corrected chi connectivity index (χ4v) is 1.30. The second-order valence-corrected chi connectivity index (χ2v) is 4.30. The molecule has 0 radical (unpaired) electrons. The summed E-state index contributed by atoms with van der Waals surface area (Å²) in [4.78, 5) is 21.7. The van der Waals surface area contributed by atoms with Crippen LogP contribution in [0.3, 0.4) is 0 Å². The first-order valence-corrected chi connectivity index (χ1v) is 5.18. The average molecular weight is 272 g/mol. The molecular weight excluding hydrogens is 262 g/mol. The molecule has 0 spiro atoms. The Hall–Kier alpha value is -1.36. The summed E-state index contributed by atoms with van der Waals surface area (Å²) in [7, 11) is 0. The van der Waals surface area contributed by atoms with Crippen LogP contribution >= 0.6 is 15.9 Å². The van der Waals surface area contributed by atoms with E-state index in [1.54, 1.807) is 19.1 Å². The number of ketones is 1. The van der Waals surface area contributed by atoms with Gasteiger partial charge in [0.1, 0.15) is 5.75 Å². The van der Waals surface area contributed by atoms with Crippen molar-refractivity contribution in [2.24, 2.45) is 5.73 Å². The Kier molecular flexibility index (Phi) is 3.85. The normalized spacial score (nSPS) is 11.9. The molecule has 1 aromatic carbocycles. The van der Waals surface area contributed by atoms with E-state index in [1.165, 1.54) is 12.1 Å². The number of ether oxygens (including phenoxy) is 1. The van der Waals surface area contributed by atoms with Crippen LogP contribution < -0.4 is 10.5 Å². The summed E-state index contributed by atoms with van der Waals surface area (Å²) in [6, 6.07) is 6.21. The number of hydrogen-bond acceptors (Lipinski definition) is 3. The molecule has 1 unspecified atom stereocenters. The first-order valence-electron chi connectivity index (χ1n) is 4.26. The third-order valence-corrected chi connectivity index (χ3v) is 2.13. The van der Waals surface area contributed by atoms with Gasteiger partial charge in [0.05, 0.1) is 4.83 Å². The standard InChI is InChI=1S/C10H10BrNO3/c1-6(11)9(13)7-2-4-8(5-3-7)15-10(12)14/h2-6H,1H3,(H2,12,14). The van der Waals surface area contributed by atoms with Crippen LogP contribution in [0, 0.1) is 0 Å². The van der Waals surface area contributed by atoms with Gasteiger partial charge >= 0.3 is 6.09 Å². The van der Waals surface area contributed by atoms with Crippen molar-refractivity contribution in [2.75, 3.05) is 0 Å². The molecule has 0 heterocycles. The molecule has 0 aliphatic carbocycles. The van der Waals surface area contributed by atoms with Crippen LogP contribution in [-0.4, -0.2) is 16.7 Å². The molecule has 1 atom stereocenters. The number of amides is 1. The first kappa shape index (κ1) is 11.7. The maximum absolute atomic E-state index is 11.5. The smallest absolute Gasteiger partial charge is 0.409 e. The zero-order valence-electron chi connectivity index (χ0n) is 8.07. The van der Waals surface area contributed by atoms with E-state index in [9.17, 15) is 9.59 Å². The van der Waals surface area contributed by atoms with Crippen molar-refractivity contribution >= 4 is 27.8 Å². The van der Waals surface area contributed by atoms with Crippen LogP contribution in [0.15, 0.2) is 24.3 Å². The van der Waals surface area contributed by atoms with Crippen LogP contribution in [-0.2, 0) is 0 Å². The number of halogens is 1. The van der Waals surface area contributed by atoms with Gasteiger partial charge in [-0.05, 0) is 31.2 Å². The van der Waals surface area contributed by atoms with Gasteiger partial charge in [0, 0.05) is 5.56 Å². The predicted octanol–water partition coefficient (Wildman–Crippen LogP) is 2.11. The van der Waals surface area contributed by atoms with Crippen LogP contribution in [0.25, 0.3) is 0 Å². The van der Waals surface area contributed by atoms with Crippen molar-refractivity contribution in [3.8, 4) is 5.75 Å². The van der Waals surface area contributed by atoms with E-state index in [1.807, 2.05) is 0 Å². The zero-order chi connectivity index (χ0) is 11.4. The molecule has 0 saturated heterocycles. The highest BCUT2D eigenvalue weighted by molar-refractivity contribution is 9.10. The monoisotopic (exact) mass is 271 g/mol. The maximum atomic E-state index is 11.5. The molecule has 4 nitrogen and oxygen atoms in total. The number of rotatable bonds is 3. The lowest BCUT2D eigenvalue weighted by atomic mass is 10.1. The summed E-state index contributed by atoms with van der Waals surface area (Å²) in [5, 5.41) is 0. The van der Waals surface area contributed by atoms with Gasteiger partial charge in [-0.15, -0.1) is 0 Å². The van der Waals surface area contributed by atoms with Crippen molar-refractivity contribution in [3.05, 3.63) is 29.8 Å². The Morgan fingerprint density at radius 2 is 1.87 bits per heavy atom. The molecule has 15 heavy (non-hydrogen) atoms. The molecule has 5 heteroatoms. The average Bonchev–Trinajstić information content (AvgIpc) is 2.17. The fourth-order valence-electron chi connectivity index (χ4n) is 1.03. The molecule has 1 amide bonds. The van der Waals surface area contributed by atoms with Gasteiger partial charge in [-0.1, -0.05) is 15.9 Å². The lowest BCUT2D eigenvalue weighted by Gasteiger charge is -2.04. The minimum atomic E-state index is -0.872. The molecule has 2 N–H and O–H groups in total. The van der Waals surface area contributed by atoms with Gasteiger partial charge in [-0.3, -0.25) is 4.79 Å². The van der Waals surface area contributed by atoms with Gasteiger partial charge in [0.25, 0.3) is 0 Å². The number of carbonyl (C=O) groups is 2. The highest BCUT2D eigenvalue weighted by Gasteiger charge is 2.11. The van der Waals surface area contributed by atoms with Gasteiger partial charge < -0.3 is 10.5 Å². The lowest BCUT2D eigenvalue weighted by molar-refractivity contribution is 0.0996. The van der Waals surface area contributed by atoms with E-state index in [2.05, 4.69) is 20.7 Å². The van der Waals surface area contributed by atoms with Crippen LogP contribution in [0.5, 0.6) is 5.75 Å². The minimum absolute atomic E-state index is 0.0272. The van der Waals surface area contributed by atoms with E-state index < -0.39 is 6.09 Å². The summed E-state index contributed by atoms with van der Waals surface area (Å²) in [6.07, 6.45) is -0.872. The molecule has 80 valence electrons. The van der Waals surface area contributed by atoms with Crippen molar-refractivity contribution in [2.45, 2.75) is 11.8 Å². The molecule has 0 aliphatic heterocycles. The number of hydrogen-bond donors (Lipinski definition) is 1. The number of nitrogens with two attached hydrogens (primary N) is 1. The van der Waals surface area contributed by atoms with Crippen molar-refractivity contribution in [1.29, 1.82) is 0 Å². The quantitative estimate of drug-likeness (QED) is 0.676. The maximum Gasteiger partial charge on any atom is 0.409 e. The SMILES string of the molecule is CC(Br)C(=O)c1ccc(OC(N)=O)cc1. The largest absolute Gasteiger partial charge is 0.411 e. The minimum Gasteiger partial charge on any atom is -0.411 e. The summed E-state index contributed by atoms with van der Waals surface area (Å²) >= 11 is 3.18. The summed E-state index contributed by atoms with van der Waals surface area (Å²) in [5.41, 5.74) is 5.39. The Morgan fingerprint density at radius 1 is 1.33 bits per heavy atom. The molecule has 0 aromatic heterocycles. The van der Waals surface area contributed by atoms with Gasteiger partial charge in [0.15, 0.2) is 5.78 Å². The van der Waals surface area contributed by atoms with E-state index in [0.717, 1.165) is 0 Å². The third-order valence-electron chi connectivity index (χ3n) is 1.72. The molecule has 0 bridgehead atoms. The highest BCUT2D eigenvalue weighted by atomic mass is 79.9. The van der Waals surface area contributed by atoms with Crippen LogP contribution in [0.4, 0.5) is 4.79 Å².